The first-order chi connectivity index (χ1) is 12.0. The van der Waals surface area contributed by atoms with Gasteiger partial charge in [-0.25, -0.2) is 9.97 Å². The molecule has 4 heterocycles. The van der Waals surface area contributed by atoms with Crippen LogP contribution in [-0.4, -0.2) is 29.0 Å². The molecule has 4 aromatic rings. The van der Waals surface area contributed by atoms with Gasteiger partial charge in [0, 0.05) is 29.4 Å². The SMILES string of the molecule is Cc1cc(C)n2c(SCc3cc(=O)n4cccc(C)c4n3)nnc2n1. The van der Waals surface area contributed by atoms with Crippen molar-refractivity contribution in [3.63, 3.8) is 0 Å². The third-order valence-corrected chi connectivity index (χ3v) is 4.91. The summed E-state index contributed by atoms with van der Waals surface area (Å²) in [6, 6.07) is 7.35. The second-order valence-electron chi connectivity index (χ2n) is 5.92. The van der Waals surface area contributed by atoms with Crippen LogP contribution >= 0.6 is 11.8 Å². The first kappa shape index (κ1) is 15.8. The van der Waals surface area contributed by atoms with Crippen molar-refractivity contribution in [3.8, 4) is 0 Å². The van der Waals surface area contributed by atoms with E-state index in [2.05, 4.69) is 20.2 Å². The Labute approximate surface area is 147 Å². The highest BCUT2D eigenvalue weighted by Gasteiger charge is 2.12. The number of hydrogen-bond donors (Lipinski definition) is 0. The fraction of sp³-hybridized carbons (Fsp3) is 0.235. The van der Waals surface area contributed by atoms with Crippen molar-refractivity contribution in [2.24, 2.45) is 0 Å². The lowest BCUT2D eigenvalue weighted by atomic mass is 10.3. The van der Waals surface area contributed by atoms with Crippen molar-refractivity contribution in [1.82, 2.24) is 29.0 Å². The van der Waals surface area contributed by atoms with E-state index in [-0.39, 0.29) is 5.56 Å². The Hall–Kier alpha value is -2.74. The summed E-state index contributed by atoms with van der Waals surface area (Å²) in [6.07, 6.45) is 1.73. The van der Waals surface area contributed by atoms with Gasteiger partial charge in [0.25, 0.3) is 11.3 Å². The molecule has 0 bridgehead atoms. The Morgan fingerprint density at radius 1 is 1.12 bits per heavy atom. The molecule has 0 aliphatic heterocycles. The molecule has 0 amide bonds. The lowest BCUT2D eigenvalue weighted by Gasteiger charge is -2.06. The number of fused-ring (bicyclic) bond motifs is 2. The van der Waals surface area contributed by atoms with Gasteiger partial charge in [-0.15, -0.1) is 10.2 Å². The summed E-state index contributed by atoms with van der Waals surface area (Å²) in [5, 5.41) is 9.09. The monoisotopic (exact) mass is 352 g/mol. The van der Waals surface area contributed by atoms with Crippen LogP contribution < -0.4 is 5.56 Å². The van der Waals surface area contributed by atoms with Gasteiger partial charge in [-0.2, -0.15) is 0 Å². The fourth-order valence-electron chi connectivity index (χ4n) is 2.81. The highest BCUT2D eigenvalue weighted by atomic mass is 32.2. The minimum Gasteiger partial charge on any atom is -0.269 e. The molecule has 25 heavy (non-hydrogen) atoms. The molecule has 0 radical (unpaired) electrons. The Bertz CT molecular complexity index is 1160. The normalized spacial score (nSPS) is 11.5. The van der Waals surface area contributed by atoms with Crippen LogP contribution in [0.25, 0.3) is 11.4 Å². The highest BCUT2D eigenvalue weighted by Crippen LogP contribution is 2.22. The molecular weight excluding hydrogens is 336 g/mol. The number of hydrogen-bond acceptors (Lipinski definition) is 6. The van der Waals surface area contributed by atoms with Crippen molar-refractivity contribution in [2.75, 3.05) is 0 Å². The molecule has 7 nitrogen and oxygen atoms in total. The number of nitrogens with zero attached hydrogens (tertiary/aromatic N) is 6. The van der Waals surface area contributed by atoms with Gasteiger partial charge in [-0.05, 0) is 38.5 Å². The van der Waals surface area contributed by atoms with E-state index in [1.165, 1.54) is 11.8 Å². The van der Waals surface area contributed by atoms with Gasteiger partial charge >= 0.3 is 0 Å². The zero-order valence-corrected chi connectivity index (χ0v) is 14.9. The van der Waals surface area contributed by atoms with E-state index in [0.29, 0.717) is 17.2 Å². The predicted octanol–water partition coefficient (Wildman–Crippen LogP) is 2.35. The van der Waals surface area contributed by atoms with E-state index in [1.807, 2.05) is 43.4 Å². The quantitative estimate of drug-likeness (QED) is 0.527. The molecule has 4 aromatic heterocycles. The molecule has 0 aliphatic carbocycles. The minimum atomic E-state index is -0.0797. The first-order valence-corrected chi connectivity index (χ1v) is 8.81. The number of aromatic nitrogens is 6. The van der Waals surface area contributed by atoms with E-state index in [0.717, 1.165) is 27.8 Å². The third kappa shape index (κ3) is 2.78. The molecule has 0 spiro atoms. The third-order valence-electron chi connectivity index (χ3n) is 3.95. The maximum absolute atomic E-state index is 12.3. The summed E-state index contributed by atoms with van der Waals surface area (Å²) in [4.78, 5) is 21.3. The van der Waals surface area contributed by atoms with E-state index in [9.17, 15) is 4.79 Å². The van der Waals surface area contributed by atoms with Crippen LogP contribution in [0.3, 0.4) is 0 Å². The smallest absolute Gasteiger partial charge is 0.258 e. The van der Waals surface area contributed by atoms with Gasteiger partial charge < -0.3 is 0 Å². The summed E-state index contributed by atoms with van der Waals surface area (Å²) in [6.45, 7) is 5.88. The van der Waals surface area contributed by atoms with Crippen LogP contribution in [0.1, 0.15) is 22.6 Å². The summed E-state index contributed by atoms with van der Waals surface area (Å²) in [7, 11) is 0. The Balaban J connectivity index is 1.69. The first-order valence-electron chi connectivity index (χ1n) is 7.83. The van der Waals surface area contributed by atoms with E-state index in [1.54, 1.807) is 16.7 Å². The molecule has 0 aliphatic rings. The molecule has 0 saturated carbocycles. The second-order valence-corrected chi connectivity index (χ2v) is 6.86. The molecule has 0 fully saturated rings. The molecule has 0 saturated heterocycles. The van der Waals surface area contributed by atoms with Crippen molar-refractivity contribution < 1.29 is 0 Å². The van der Waals surface area contributed by atoms with E-state index < -0.39 is 0 Å². The minimum absolute atomic E-state index is 0.0797. The number of thioether (sulfide) groups is 1. The van der Waals surface area contributed by atoms with Crippen molar-refractivity contribution >= 4 is 23.2 Å². The van der Waals surface area contributed by atoms with Gasteiger partial charge in [-0.1, -0.05) is 17.8 Å². The average Bonchev–Trinajstić information content (AvgIpc) is 2.97. The summed E-state index contributed by atoms with van der Waals surface area (Å²) < 4.78 is 3.48. The molecule has 0 aromatic carbocycles. The maximum Gasteiger partial charge on any atom is 0.258 e. The number of aryl methyl sites for hydroxylation is 3. The van der Waals surface area contributed by atoms with Gasteiger partial charge in [-0.3, -0.25) is 13.6 Å². The topological polar surface area (TPSA) is 77.5 Å². The summed E-state index contributed by atoms with van der Waals surface area (Å²) in [5.41, 5.74) is 4.23. The lowest BCUT2D eigenvalue weighted by molar-refractivity contribution is 0.884. The van der Waals surface area contributed by atoms with Crippen molar-refractivity contribution in [1.29, 1.82) is 0 Å². The zero-order chi connectivity index (χ0) is 17.6. The van der Waals surface area contributed by atoms with E-state index >= 15 is 0 Å². The predicted molar refractivity (Wildman–Crippen MR) is 96.0 cm³/mol. The van der Waals surface area contributed by atoms with Gasteiger partial charge in [0.1, 0.15) is 5.65 Å². The number of rotatable bonds is 3. The molecule has 4 rings (SSSR count). The number of pyridine rings is 1. The highest BCUT2D eigenvalue weighted by molar-refractivity contribution is 7.98. The van der Waals surface area contributed by atoms with Crippen LogP contribution in [-0.2, 0) is 5.75 Å². The van der Waals surface area contributed by atoms with Gasteiger partial charge in [0.15, 0.2) is 5.16 Å². The fourth-order valence-corrected chi connectivity index (χ4v) is 3.69. The Morgan fingerprint density at radius 3 is 2.80 bits per heavy atom. The van der Waals surface area contributed by atoms with Crippen molar-refractivity contribution in [3.05, 3.63) is 63.5 Å². The largest absolute Gasteiger partial charge is 0.269 e. The van der Waals surface area contributed by atoms with Gasteiger partial charge in [0.05, 0.1) is 5.69 Å². The van der Waals surface area contributed by atoms with Crippen LogP contribution in [0.2, 0.25) is 0 Å². The van der Waals surface area contributed by atoms with Crippen LogP contribution in [0.15, 0.2) is 40.4 Å². The molecule has 8 heteroatoms. The lowest BCUT2D eigenvalue weighted by Crippen LogP contribution is -2.15. The molecule has 0 unspecified atom stereocenters. The second kappa shape index (κ2) is 5.96. The maximum atomic E-state index is 12.3. The van der Waals surface area contributed by atoms with Gasteiger partial charge in [0.2, 0.25) is 0 Å². The molecule has 0 N–H and O–H groups in total. The van der Waals surface area contributed by atoms with Crippen LogP contribution in [0.5, 0.6) is 0 Å². The van der Waals surface area contributed by atoms with Crippen LogP contribution in [0.4, 0.5) is 0 Å². The molecular formula is C17H16N6OS. The van der Waals surface area contributed by atoms with Crippen molar-refractivity contribution in [2.45, 2.75) is 31.7 Å². The Morgan fingerprint density at radius 2 is 1.96 bits per heavy atom. The summed E-state index contributed by atoms with van der Waals surface area (Å²) in [5.74, 6) is 1.12. The average molecular weight is 352 g/mol. The van der Waals surface area contributed by atoms with E-state index in [4.69, 9.17) is 0 Å². The zero-order valence-electron chi connectivity index (χ0n) is 14.1. The standard InChI is InChI=1S/C17H16N6OS/c1-10-5-4-6-22-14(24)8-13(19-15(10)22)9-25-17-21-20-16-18-11(2)7-12(3)23(16)17/h4-8H,9H2,1-3H3. The Kier molecular flexibility index (Phi) is 3.76. The molecule has 126 valence electrons. The molecule has 0 atom stereocenters. The van der Waals surface area contributed by atoms with Crippen LogP contribution in [0, 0.1) is 20.8 Å². The summed E-state index contributed by atoms with van der Waals surface area (Å²) >= 11 is 1.49.